The van der Waals surface area contributed by atoms with Gasteiger partial charge in [0.1, 0.15) is 0 Å². The van der Waals surface area contributed by atoms with Gasteiger partial charge in [0.25, 0.3) is 0 Å². The summed E-state index contributed by atoms with van der Waals surface area (Å²) in [6, 6.07) is 0. The molecular weight excluding hydrogens is 314 g/mol. The van der Waals surface area contributed by atoms with Crippen LogP contribution in [0.1, 0.15) is 51.9 Å². The Hall–Kier alpha value is -0.350. The highest BCUT2D eigenvalue weighted by molar-refractivity contribution is 9.10. The molecule has 0 spiro atoms. The quantitative estimate of drug-likeness (QED) is 0.779. The first-order valence-corrected chi connectivity index (χ1v) is 8.79. The highest BCUT2D eigenvalue weighted by Gasteiger charge is 2.42. The number of nitrogens with zero attached hydrogens (tertiary/aromatic N) is 2. The van der Waals surface area contributed by atoms with Crippen LogP contribution in [-0.2, 0) is 19.4 Å². The van der Waals surface area contributed by atoms with Crippen molar-refractivity contribution in [3.05, 3.63) is 15.9 Å². The molecule has 0 aromatic carbocycles. The van der Waals surface area contributed by atoms with Gasteiger partial charge < -0.3 is 5.32 Å². The molecule has 1 atom stereocenters. The van der Waals surface area contributed by atoms with E-state index in [1.807, 2.05) is 0 Å². The summed E-state index contributed by atoms with van der Waals surface area (Å²) in [7, 11) is 0. The van der Waals surface area contributed by atoms with E-state index in [2.05, 4.69) is 53.6 Å². The van der Waals surface area contributed by atoms with Crippen LogP contribution < -0.4 is 5.32 Å². The molecule has 1 aliphatic carbocycles. The SMILES string of the molecule is CCNCC(C)(Cc1c(Br)c(CC)nn1CC)C1CC1. The molecule has 1 N–H and O–H groups in total. The summed E-state index contributed by atoms with van der Waals surface area (Å²) in [6.45, 7) is 12.1. The summed E-state index contributed by atoms with van der Waals surface area (Å²) in [5.41, 5.74) is 2.94. The molecule has 1 fully saturated rings. The highest BCUT2D eigenvalue weighted by atomic mass is 79.9. The predicted molar refractivity (Wildman–Crippen MR) is 88.1 cm³/mol. The molecule has 0 amide bonds. The van der Waals surface area contributed by atoms with Crippen LogP contribution >= 0.6 is 15.9 Å². The van der Waals surface area contributed by atoms with Crippen LogP contribution in [0.25, 0.3) is 0 Å². The number of aryl methyl sites for hydroxylation is 2. The Morgan fingerprint density at radius 3 is 2.55 bits per heavy atom. The van der Waals surface area contributed by atoms with Crippen molar-refractivity contribution in [2.24, 2.45) is 11.3 Å². The summed E-state index contributed by atoms with van der Waals surface area (Å²) in [4.78, 5) is 0. The Bertz CT molecular complexity index is 451. The van der Waals surface area contributed by atoms with E-state index >= 15 is 0 Å². The first kappa shape index (κ1) is 16.0. The third-order valence-electron chi connectivity index (χ3n) is 4.61. The lowest BCUT2D eigenvalue weighted by Crippen LogP contribution is -2.36. The zero-order chi connectivity index (χ0) is 14.8. The van der Waals surface area contributed by atoms with E-state index in [4.69, 9.17) is 5.10 Å². The highest BCUT2D eigenvalue weighted by Crippen LogP contribution is 2.47. The van der Waals surface area contributed by atoms with Gasteiger partial charge in [0.2, 0.25) is 0 Å². The smallest absolute Gasteiger partial charge is 0.0766 e. The van der Waals surface area contributed by atoms with Gasteiger partial charge in [-0.2, -0.15) is 5.10 Å². The van der Waals surface area contributed by atoms with Gasteiger partial charge in [0.05, 0.1) is 15.9 Å². The van der Waals surface area contributed by atoms with Gasteiger partial charge in [-0.3, -0.25) is 4.68 Å². The van der Waals surface area contributed by atoms with Crippen molar-refractivity contribution in [3.63, 3.8) is 0 Å². The summed E-state index contributed by atoms with van der Waals surface area (Å²) in [6.07, 6.45) is 4.89. The average molecular weight is 342 g/mol. The second-order valence-corrected chi connectivity index (χ2v) is 7.06. The van der Waals surface area contributed by atoms with Crippen LogP contribution in [0, 0.1) is 11.3 Å². The van der Waals surface area contributed by atoms with Crippen LogP contribution in [0.15, 0.2) is 4.47 Å². The van der Waals surface area contributed by atoms with Crippen LogP contribution in [0.4, 0.5) is 0 Å². The lowest BCUT2D eigenvalue weighted by molar-refractivity contribution is 0.251. The maximum Gasteiger partial charge on any atom is 0.0766 e. The topological polar surface area (TPSA) is 29.9 Å². The van der Waals surface area contributed by atoms with E-state index in [0.717, 1.165) is 38.4 Å². The van der Waals surface area contributed by atoms with E-state index in [0.29, 0.717) is 5.41 Å². The van der Waals surface area contributed by atoms with Crippen LogP contribution in [-0.4, -0.2) is 22.9 Å². The fourth-order valence-electron chi connectivity index (χ4n) is 3.11. The monoisotopic (exact) mass is 341 g/mol. The maximum atomic E-state index is 4.74. The van der Waals surface area contributed by atoms with Crippen LogP contribution in [0.5, 0.6) is 0 Å². The second kappa shape index (κ2) is 6.61. The molecule has 2 rings (SSSR count). The molecule has 0 saturated heterocycles. The molecule has 4 heteroatoms. The third kappa shape index (κ3) is 3.28. The minimum atomic E-state index is 0.358. The van der Waals surface area contributed by atoms with Gasteiger partial charge in [-0.1, -0.05) is 20.8 Å². The Morgan fingerprint density at radius 2 is 2.05 bits per heavy atom. The van der Waals surface area contributed by atoms with Gasteiger partial charge in [-0.15, -0.1) is 0 Å². The van der Waals surface area contributed by atoms with Gasteiger partial charge in [0, 0.05) is 13.1 Å². The van der Waals surface area contributed by atoms with Gasteiger partial charge in [-0.25, -0.2) is 0 Å². The molecular formula is C16H28BrN3. The standard InChI is InChI=1S/C16H28BrN3/c1-5-13-15(17)14(20(7-3)19-13)10-16(4,11-18-6-2)12-8-9-12/h12,18H,5-11H2,1-4H3. The van der Waals surface area contributed by atoms with E-state index in [-0.39, 0.29) is 0 Å². The molecule has 0 aliphatic heterocycles. The first-order valence-electron chi connectivity index (χ1n) is 8.00. The fourth-order valence-corrected chi connectivity index (χ4v) is 3.82. The summed E-state index contributed by atoms with van der Waals surface area (Å²) in [5.74, 6) is 0.874. The molecule has 0 bridgehead atoms. The molecule has 1 saturated carbocycles. The van der Waals surface area contributed by atoms with Crippen LogP contribution in [0.2, 0.25) is 0 Å². The van der Waals surface area contributed by atoms with Crippen molar-refractivity contribution < 1.29 is 0 Å². The Kier molecular flexibility index (Phi) is 5.30. The van der Waals surface area contributed by atoms with Crippen molar-refractivity contribution in [1.29, 1.82) is 0 Å². The Morgan fingerprint density at radius 1 is 1.35 bits per heavy atom. The maximum absolute atomic E-state index is 4.74. The van der Waals surface area contributed by atoms with Crippen molar-refractivity contribution in [1.82, 2.24) is 15.1 Å². The van der Waals surface area contributed by atoms with Crippen molar-refractivity contribution in [2.75, 3.05) is 13.1 Å². The first-order chi connectivity index (χ1) is 9.55. The number of aromatic nitrogens is 2. The number of hydrogen-bond donors (Lipinski definition) is 1. The predicted octanol–water partition coefficient (Wildman–Crippen LogP) is 3.80. The lowest BCUT2D eigenvalue weighted by Gasteiger charge is -2.30. The summed E-state index contributed by atoms with van der Waals surface area (Å²) >= 11 is 3.79. The van der Waals surface area contributed by atoms with Gasteiger partial charge in [-0.05, 0) is 66.4 Å². The molecule has 1 aliphatic rings. The molecule has 114 valence electrons. The van der Waals surface area contributed by atoms with E-state index in [9.17, 15) is 0 Å². The van der Waals surface area contributed by atoms with Crippen molar-refractivity contribution in [2.45, 2.75) is 59.9 Å². The number of hydrogen-bond acceptors (Lipinski definition) is 2. The van der Waals surface area contributed by atoms with E-state index in [1.54, 1.807) is 0 Å². The molecule has 1 heterocycles. The number of rotatable bonds is 8. The molecule has 1 aromatic heterocycles. The number of halogens is 1. The molecule has 3 nitrogen and oxygen atoms in total. The summed E-state index contributed by atoms with van der Waals surface area (Å²) in [5, 5.41) is 8.30. The molecule has 1 aromatic rings. The minimum absolute atomic E-state index is 0.358. The minimum Gasteiger partial charge on any atom is -0.316 e. The summed E-state index contributed by atoms with van der Waals surface area (Å²) < 4.78 is 3.43. The third-order valence-corrected chi connectivity index (χ3v) is 5.52. The Balaban J connectivity index is 2.23. The van der Waals surface area contributed by atoms with Crippen molar-refractivity contribution in [3.8, 4) is 0 Å². The molecule has 20 heavy (non-hydrogen) atoms. The zero-order valence-corrected chi connectivity index (χ0v) is 14.9. The van der Waals surface area contributed by atoms with Gasteiger partial charge in [0.15, 0.2) is 0 Å². The second-order valence-electron chi connectivity index (χ2n) is 6.26. The fraction of sp³-hybridized carbons (Fsp3) is 0.812. The average Bonchev–Trinajstić information content (AvgIpc) is 3.25. The Labute approximate surface area is 131 Å². The molecule has 0 radical (unpaired) electrons. The van der Waals surface area contributed by atoms with Crippen LogP contribution in [0.3, 0.4) is 0 Å². The van der Waals surface area contributed by atoms with Gasteiger partial charge >= 0.3 is 0 Å². The van der Waals surface area contributed by atoms with Crippen molar-refractivity contribution >= 4 is 15.9 Å². The number of nitrogens with one attached hydrogen (secondary N) is 1. The molecule has 1 unspecified atom stereocenters. The zero-order valence-electron chi connectivity index (χ0n) is 13.3. The van der Waals surface area contributed by atoms with E-state index < -0.39 is 0 Å². The largest absolute Gasteiger partial charge is 0.316 e. The lowest BCUT2D eigenvalue weighted by atomic mass is 9.80. The van der Waals surface area contributed by atoms with E-state index in [1.165, 1.54) is 28.7 Å². The normalized spacial score (nSPS) is 18.2.